The van der Waals surface area contributed by atoms with Gasteiger partial charge in [0.15, 0.2) is 0 Å². The molecule has 0 spiro atoms. The molecule has 1 aromatic rings. The number of benzene rings is 1. The summed E-state index contributed by atoms with van der Waals surface area (Å²) in [6, 6.07) is 8.46. The van der Waals surface area contributed by atoms with Gasteiger partial charge in [-0.1, -0.05) is 18.2 Å². The minimum absolute atomic E-state index is 0.715. The molecule has 0 saturated carbocycles. The van der Waals surface area contributed by atoms with Crippen LogP contribution in [0.5, 0.6) is 5.75 Å². The number of morpholine rings is 1. The highest BCUT2D eigenvalue weighted by Gasteiger charge is 2.21. The van der Waals surface area contributed by atoms with Crippen molar-refractivity contribution in [2.75, 3.05) is 39.5 Å². The monoisotopic (exact) mass is 247 g/mol. The van der Waals surface area contributed by atoms with Gasteiger partial charge in [0.05, 0.1) is 19.8 Å². The number of nitrogens with zero attached hydrogens (tertiary/aromatic N) is 1. The summed E-state index contributed by atoms with van der Waals surface area (Å²) in [5.41, 5.74) is 1.37. The number of fused-ring (bicyclic) bond motifs is 1. The fourth-order valence-electron chi connectivity index (χ4n) is 2.87. The van der Waals surface area contributed by atoms with E-state index >= 15 is 0 Å². The van der Waals surface area contributed by atoms with Gasteiger partial charge in [-0.2, -0.15) is 0 Å². The molecule has 3 heteroatoms. The molecule has 2 aliphatic rings. The van der Waals surface area contributed by atoms with Crippen molar-refractivity contribution in [3.8, 4) is 5.75 Å². The molecule has 1 fully saturated rings. The van der Waals surface area contributed by atoms with E-state index in [9.17, 15) is 0 Å². The second kappa shape index (κ2) is 5.72. The predicted molar refractivity (Wildman–Crippen MR) is 71.0 cm³/mol. The summed E-state index contributed by atoms with van der Waals surface area (Å²) in [4.78, 5) is 2.53. The van der Waals surface area contributed by atoms with Gasteiger partial charge in [-0.3, -0.25) is 4.90 Å². The van der Waals surface area contributed by atoms with Gasteiger partial charge in [-0.15, -0.1) is 0 Å². The van der Waals surface area contributed by atoms with Crippen molar-refractivity contribution in [3.05, 3.63) is 29.8 Å². The second-order valence-corrected chi connectivity index (χ2v) is 5.23. The zero-order valence-corrected chi connectivity index (χ0v) is 10.8. The fraction of sp³-hybridized carbons (Fsp3) is 0.600. The van der Waals surface area contributed by atoms with E-state index in [1.54, 1.807) is 0 Å². The van der Waals surface area contributed by atoms with Gasteiger partial charge < -0.3 is 9.47 Å². The normalized spacial score (nSPS) is 25.0. The third kappa shape index (κ3) is 2.85. The van der Waals surface area contributed by atoms with E-state index in [4.69, 9.17) is 9.47 Å². The smallest absolute Gasteiger partial charge is 0.122 e. The molecule has 1 atom stereocenters. The maximum Gasteiger partial charge on any atom is 0.122 e. The molecule has 0 aromatic heterocycles. The number of para-hydroxylation sites is 1. The Kier molecular flexibility index (Phi) is 3.81. The van der Waals surface area contributed by atoms with Gasteiger partial charge in [-0.25, -0.2) is 0 Å². The molecule has 0 N–H and O–H groups in total. The number of ether oxygens (including phenoxy) is 2. The maximum atomic E-state index is 5.82. The van der Waals surface area contributed by atoms with Crippen LogP contribution in [0.25, 0.3) is 0 Å². The van der Waals surface area contributed by atoms with Gasteiger partial charge in [0.1, 0.15) is 5.75 Å². The van der Waals surface area contributed by atoms with Crippen molar-refractivity contribution in [3.63, 3.8) is 0 Å². The minimum atomic E-state index is 0.715. The van der Waals surface area contributed by atoms with Crippen LogP contribution in [0.2, 0.25) is 0 Å². The first-order chi connectivity index (χ1) is 8.92. The van der Waals surface area contributed by atoms with Crippen molar-refractivity contribution < 1.29 is 9.47 Å². The lowest BCUT2D eigenvalue weighted by atomic mass is 9.96. The summed E-state index contributed by atoms with van der Waals surface area (Å²) in [5, 5.41) is 0. The highest BCUT2D eigenvalue weighted by atomic mass is 16.5. The Labute approximate surface area is 109 Å². The molecule has 1 aromatic carbocycles. The van der Waals surface area contributed by atoms with Gasteiger partial charge >= 0.3 is 0 Å². The molecule has 1 saturated heterocycles. The molecule has 98 valence electrons. The van der Waals surface area contributed by atoms with Crippen LogP contribution in [0, 0.1) is 5.92 Å². The molecule has 0 aliphatic carbocycles. The lowest BCUT2D eigenvalue weighted by Gasteiger charge is -2.29. The lowest BCUT2D eigenvalue weighted by Crippen LogP contribution is -2.39. The van der Waals surface area contributed by atoms with Crippen LogP contribution in [0.1, 0.15) is 12.0 Å². The molecule has 0 amide bonds. The Morgan fingerprint density at radius 3 is 2.83 bits per heavy atom. The predicted octanol–water partition coefficient (Wildman–Crippen LogP) is 1.96. The first kappa shape index (κ1) is 12.0. The van der Waals surface area contributed by atoms with Crippen LogP contribution in [0.3, 0.4) is 0 Å². The van der Waals surface area contributed by atoms with E-state index in [0.29, 0.717) is 5.92 Å². The molecule has 2 heterocycles. The van der Waals surface area contributed by atoms with Crippen LogP contribution < -0.4 is 4.74 Å². The summed E-state index contributed by atoms with van der Waals surface area (Å²) in [6.07, 6.45) is 2.31. The molecule has 0 radical (unpaired) electrons. The zero-order valence-electron chi connectivity index (χ0n) is 10.8. The third-order valence-electron chi connectivity index (χ3n) is 3.88. The molecule has 0 unspecified atom stereocenters. The number of hydrogen-bond acceptors (Lipinski definition) is 3. The van der Waals surface area contributed by atoms with Crippen LogP contribution in [0.4, 0.5) is 0 Å². The SMILES string of the molecule is c1ccc2c(c1)C[C@@H](CN1CCOCC1)CCO2. The molecular formula is C15H21NO2. The largest absolute Gasteiger partial charge is 0.493 e. The van der Waals surface area contributed by atoms with E-state index in [-0.39, 0.29) is 0 Å². The number of hydrogen-bond donors (Lipinski definition) is 0. The number of rotatable bonds is 2. The molecular weight excluding hydrogens is 226 g/mol. The molecule has 3 rings (SSSR count). The van der Waals surface area contributed by atoms with Crippen molar-refractivity contribution in [2.24, 2.45) is 5.92 Å². The molecule has 0 bridgehead atoms. The summed E-state index contributed by atoms with van der Waals surface area (Å²) in [5.74, 6) is 1.80. The Morgan fingerprint density at radius 2 is 1.94 bits per heavy atom. The minimum Gasteiger partial charge on any atom is -0.493 e. The van der Waals surface area contributed by atoms with Crippen LogP contribution in [0.15, 0.2) is 24.3 Å². The Hall–Kier alpha value is -1.06. The van der Waals surface area contributed by atoms with Gasteiger partial charge in [0.2, 0.25) is 0 Å². The molecule has 3 nitrogen and oxygen atoms in total. The Morgan fingerprint density at radius 1 is 1.11 bits per heavy atom. The average Bonchev–Trinajstić information content (AvgIpc) is 2.61. The Bertz CT molecular complexity index is 388. The van der Waals surface area contributed by atoms with Crippen LogP contribution >= 0.6 is 0 Å². The molecule has 18 heavy (non-hydrogen) atoms. The van der Waals surface area contributed by atoms with Gasteiger partial charge in [0, 0.05) is 19.6 Å². The van der Waals surface area contributed by atoms with E-state index in [1.165, 1.54) is 12.1 Å². The van der Waals surface area contributed by atoms with E-state index in [1.807, 2.05) is 0 Å². The second-order valence-electron chi connectivity index (χ2n) is 5.23. The first-order valence-electron chi connectivity index (χ1n) is 6.92. The standard InChI is InChI=1S/C15H21NO2/c1-2-4-15-14(3-1)11-13(5-8-18-15)12-16-6-9-17-10-7-16/h1-4,13H,5-12H2/t13-/m0/s1. The summed E-state index contributed by atoms with van der Waals surface area (Å²) in [7, 11) is 0. The topological polar surface area (TPSA) is 21.7 Å². The quantitative estimate of drug-likeness (QED) is 0.797. The molecule has 2 aliphatic heterocycles. The lowest BCUT2D eigenvalue weighted by molar-refractivity contribution is 0.0296. The first-order valence-corrected chi connectivity index (χ1v) is 6.92. The van der Waals surface area contributed by atoms with Crippen LogP contribution in [-0.4, -0.2) is 44.4 Å². The zero-order chi connectivity index (χ0) is 12.2. The van der Waals surface area contributed by atoms with E-state index in [0.717, 1.165) is 51.5 Å². The van der Waals surface area contributed by atoms with Crippen molar-refractivity contribution in [1.29, 1.82) is 0 Å². The van der Waals surface area contributed by atoms with Gasteiger partial charge in [0.25, 0.3) is 0 Å². The van der Waals surface area contributed by atoms with E-state index in [2.05, 4.69) is 29.2 Å². The fourth-order valence-corrected chi connectivity index (χ4v) is 2.87. The maximum absolute atomic E-state index is 5.82. The van der Waals surface area contributed by atoms with Crippen LogP contribution in [-0.2, 0) is 11.2 Å². The Balaban J connectivity index is 1.63. The highest BCUT2D eigenvalue weighted by Crippen LogP contribution is 2.27. The van der Waals surface area contributed by atoms with Crippen molar-refractivity contribution in [2.45, 2.75) is 12.8 Å². The third-order valence-corrected chi connectivity index (χ3v) is 3.88. The summed E-state index contributed by atoms with van der Waals surface area (Å²) in [6.45, 7) is 5.98. The van der Waals surface area contributed by atoms with Crippen molar-refractivity contribution in [1.82, 2.24) is 4.90 Å². The van der Waals surface area contributed by atoms with Gasteiger partial charge in [-0.05, 0) is 30.4 Å². The van der Waals surface area contributed by atoms with E-state index < -0.39 is 0 Å². The summed E-state index contributed by atoms with van der Waals surface area (Å²) < 4.78 is 11.2. The average molecular weight is 247 g/mol. The van der Waals surface area contributed by atoms with Crippen molar-refractivity contribution >= 4 is 0 Å². The highest BCUT2D eigenvalue weighted by molar-refractivity contribution is 5.34. The summed E-state index contributed by atoms with van der Waals surface area (Å²) >= 11 is 0.